The van der Waals surface area contributed by atoms with Gasteiger partial charge in [0.2, 0.25) is 0 Å². The summed E-state index contributed by atoms with van der Waals surface area (Å²) in [5.74, 6) is 1.22. The predicted octanol–water partition coefficient (Wildman–Crippen LogP) is 5.03. The third-order valence-corrected chi connectivity index (χ3v) is 4.20. The fourth-order valence-corrected chi connectivity index (χ4v) is 2.85. The Morgan fingerprint density at radius 2 is 1.58 bits per heavy atom. The summed E-state index contributed by atoms with van der Waals surface area (Å²) in [5, 5.41) is 0.900. The van der Waals surface area contributed by atoms with E-state index in [1.807, 2.05) is 31.2 Å². The van der Waals surface area contributed by atoms with Crippen molar-refractivity contribution in [2.24, 2.45) is 0 Å². The Balaban J connectivity index is 2.04. The van der Waals surface area contributed by atoms with E-state index < -0.39 is 0 Å². The average Bonchev–Trinajstić information content (AvgIpc) is 2.28. The molecule has 1 aliphatic carbocycles. The van der Waals surface area contributed by atoms with Crippen LogP contribution in [0.3, 0.4) is 0 Å². The number of hydrogen-bond donors (Lipinski definition) is 0. The molecule has 1 aromatic carbocycles. The monoisotopic (exact) mass is 292 g/mol. The van der Waals surface area contributed by atoms with Gasteiger partial charge in [-0.25, -0.2) is 9.97 Å². The number of benzene rings is 1. The normalized spacial score (nSPS) is 15.3. The van der Waals surface area contributed by atoms with Crippen molar-refractivity contribution in [3.05, 3.63) is 46.0 Å². The van der Waals surface area contributed by atoms with Gasteiger partial charge < -0.3 is 0 Å². The lowest BCUT2D eigenvalue weighted by molar-refractivity contribution is 0.401. The molecule has 0 atom stereocenters. The van der Waals surface area contributed by atoms with Crippen molar-refractivity contribution in [3.63, 3.8) is 0 Å². The highest BCUT2D eigenvalue weighted by Gasteiger charge is 2.24. The maximum absolute atomic E-state index is 6.30. The van der Waals surface area contributed by atoms with Gasteiger partial charge in [0.05, 0.1) is 5.56 Å². The molecule has 1 aliphatic rings. The summed E-state index contributed by atoms with van der Waals surface area (Å²) in [5.41, 5.74) is 2.88. The van der Waals surface area contributed by atoms with E-state index in [0.717, 1.165) is 29.8 Å². The van der Waals surface area contributed by atoms with E-state index in [1.165, 1.54) is 12.0 Å². The summed E-state index contributed by atoms with van der Waals surface area (Å²) in [6.45, 7) is 2.04. The van der Waals surface area contributed by atoms with Crippen molar-refractivity contribution in [2.75, 3.05) is 0 Å². The number of aryl methyl sites for hydroxylation is 1. The summed E-state index contributed by atoms with van der Waals surface area (Å²) in [6, 6.07) is 8.05. The van der Waals surface area contributed by atoms with E-state index in [2.05, 4.69) is 9.97 Å². The van der Waals surface area contributed by atoms with E-state index in [1.54, 1.807) is 0 Å². The number of aromatic nitrogens is 2. The van der Waals surface area contributed by atoms with Crippen molar-refractivity contribution >= 4 is 23.2 Å². The lowest BCUT2D eigenvalue weighted by Crippen LogP contribution is -2.13. The second-order valence-electron chi connectivity index (χ2n) is 5.03. The van der Waals surface area contributed by atoms with Crippen molar-refractivity contribution in [1.82, 2.24) is 9.97 Å². The molecule has 1 aromatic heterocycles. The molecule has 1 heterocycles. The largest absolute Gasteiger partial charge is 0.220 e. The molecule has 2 nitrogen and oxygen atoms in total. The van der Waals surface area contributed by atoms with Gasteiger partial charge in [0, 0.05) is 5.92 Å². The Bertz CT molecular complexity index is 581. The maximum atomic E-state index is 6.30. The fraction of sp³-hybridized carbons (Fsp3) is 0.333. The Morgan fingerprint density at radius 3 is 2.05 bits per heavy atom. The zero-order chi connectivity index (χ0) is 13.4. The molecule has 0 bridgehead atoms. The SMILES string of the molecule is Cc1ccc(-c2c(Cl)nc(C3CCC3)nc2Cl)cc1. The first-order valence-corrected chi connectivity index (χ1v) is 7.20. The second-order valence-corrected chi connectivity index (χ2v) is 5.75. The van der Waals surface area contributed by atoms with Crippen LogP contribution in [0.1, 0.15) is 36.6 Å². The van der Waals surface area contributed by atoms with Crippen LogP contribution in [0.4, 0.5) is 0 Å². The van der Waals surface area contributed by atoms with Crippen LogP contribution < -0.4 is 0 Å². The van der Waals surface area contributed by atoms with Gasteiger partial charge in [-0.15, -0.1) is 0 Å². The van der Waals surface area contributed by atoms with E-state index in [-0.39, 0.29) is 0 Å². The quantitative estimate of drug-likeness (QED) is 0.726. The van der Waals surface area contributed by atoms with Crippen LogP contribution in [0.25, 0.3) is 11.1 Å². The highest BCUT2D eigenvalue weighted by Crippen LogP contribution is 2.38. The topological polar surface area (TPSA) is 25.8 Å². The Kier molecular flexibility index (Phi) is 3.46. The smallest absolute Gasteiger partial charge is 0.142 e. The minimum Gasteiger partial charge on any atom is -0.220 e. The highest BCUT2D eigenvalue weighted by molar-refractivity contribution is 6.37. The molecule has 0 saturated heterocycles. The van der Waals surface area contributed by atoms with Crippen molar-refractivity contribution < 1.29 is 0 Å². The summed E-state index contributed by atoms with van der Waals surface area (Å²) in [6.07, 6.45) is 3.51. The minimum absolute atomic E-state index is 0.432. The molecule has 0 aliphatic heterocycles. The predicted molar refractivity (Wildman–Crippen MR) is 78.8 cm³/mol. The number of nitrogens with zero attached hydrogens (tertiary/aromatic N) is 2. The summed E-state index contributed by atoms with van der Waals surface area (Å²) >= 11 is 12.6. The molecule has 98 valence electrons. The first kappa shape index (κ1) is 12.9. The summed E-state index contributed by atoms with van der Waals surface area (Å²) in [4.78, 5) is 8.85. The van der Waals surface area contributed by atoms with E-state index >= 15 is 0 Å². The van der Waals surface area contributed by atoms with Crippen molar-refractivity contribution in [1.29, 1.82) is 0 Å². The highest BCUT2D eigenvalue weighted by atomic mass is 35.5. The summed E-state index contributed by atoms with van der Waals surface area (Å²) in [7, 11) is 0. The van der Waals surface area contributed by atoms with Crippen LogP contribution in [0.15, 0.2) is 24.3 Å². The van der Waals surface area contributed by atoms with Gasteiger partial charge in [0.25, 0.3) is 0 Å². The minimum atomic E-state index is 0.432. The van der Waals surface area contributed by atoms with Crippen molar-refractivity contribution in [3.8, 4) is 11.1 Å². The van der Waals surface area contributed by atoms with Crippen LogP contribution in [-0.4, -0.2) is 9.97 Å². The van der Waals surface area contributed by atoms with Gasteiger partial charge >= 0.3 is 0 Å². The van der Waals surface area contributed by atoms with Gasteiger partial charge in [0.1, 0.15) is 16.1 Å². The van der Waals surface area contributed by atoms with E-state index in [0.29, 0.717) is 16.2 Å². The molecule has 2 aromatic rings. The van der Waals surface area contributed by atoms with Gasteiger partial charge in [-0.2, -0.15) is 0 Å². The van der Waals surface area contributed by atoms with Crippen molar-refractivity contribution in [2.45, 2.75) is 32.1 Å². The van der Waals surface area contributed by atoms with E-state index in [9.17, 15) is 0 Å². The average molecular weight is 293 g/mol. The van der Waals surface area contributed by atoms with E-state index in [4.69, 9.17) is 23.2 Å². The van der Waals surface area contributed by atoms with Gasteiger partial charge in [-0.05, 0) is 25.3 Å². The molecule has 0 amide bonds. The zero-order valence-corrected chi connectivity index (χ0v) is 12.2. The lowest BCUT2D eigenvalue weighted by Gasteiger charge is -2.24. The molecular weight excluding hydrogens is 279 g/mol. The Labute approximate surface area is 122 Å². The van der Waals surface area contributed by atoms with Gasteiger partial charge in [0.15, 0.2) is 0 Å². The third kappa shape index (κ3) is 2.47. The number of halogens is 2. The molecule has 1 fully saturated rings. The lowest BCUT2D eigenvalue weighted by atomic mass is 9.85. The molecular formula is C15H14Cl2N2. The molecule has 0 unspecified atom stereocenters. The van der Waals surface area contributed by atoms with Gasteiger partial charge in [-0.1, -0.05) is 59.5 Å². The Hall–Kier alpha value is -1.12. The van der Waals surface area contributed by atoms with Crippen LogP contribution in [0.5, 0.6) is 0 Å². The third-order valence-electron chi connectivity index (χ3n) is 3.65. The van der Waals surface area contributed by atoms with Crippen LogP contribution in [-0.2, 0) is 0 Å². The van der Waals surface area contributed by atoms with Gasteiger partial charge in [-0.3, -0.25) is 0 Å². The van der Waals surface area contributed by atoms with Crippen LogP contribution in [0, 0.1) is 6.92 Å². The molecule has 0 radical (unpaired) electrons. The van der Waals surface area contributed by atoms with Crippen LogP contribution in [0.2, 0.25) is 10.3 Å². The maximum Gasteiger partial charge on any atom is 0.142 e. The first-order chi connectivity index (χ1) is 9.15. The fourth-order valence-electron chi connectivity index (χ4n) is 2.23. The molecule has 19 heavy (non-hydrogen) atoms. The number of hydrogen-bond acceptors (Lipinski definition) is 2. The number of rotatable bonds is 2. The second kappa shape index (κ2) is 5.10. The standard InChI is InChI=1S/C15H14Cl2N2/c1-9-5-7-10(8-6-9)12-13(16)18-15(19-14(12)17)11-3-2-4-11/h5-8,11H,2-4H2,1H3. The van der Waals surface area contributed by atoms with Crippen LogP contribution >= 0.6 is 23.2 Å². The Morgan fingerprint density at radius 1 is 1.00 bits per heavy atom. The zero-order valence-electron chi connectivity index (χ0n) is 10.7. The first-order valence-electron chi connectivity index (χ1n) is 6.45. The molecule has 0 spiro atoms. The molecule has 3 rings (SSSR count). The molecule has 4 heteroatoms. The molecule has 0 N–H and O–H groups in total. The summed E-state index contributed by atoms with van der Waals surface area (Å²) < 4.78 is 0. The molecule has 1 saturated carbocycles.